The molecule has 0 saturated carbocycles. The monoisotopic (exact) mass is 335 g/mol. The normalized spacial score (nSPS) is 18.6. The zero-order chi connectivity index (χ0) is 16.5. The van der Waals surface area contributed by atoms with Gasteiger partial charge in [0.1, 0.15) is 0 Å². The maximum absolute atomic E-state index is 11.9. The maximum atomic E-state index is 11.9. The molecule has 0 unspecified atom stereocenters. The summed E-state index contributed by atoms with van der Waals surface area (Å²) in [5.41, 5.74) is 2.63. The lowest BCUT2D eigenvalue weighted by Crippen LogP contribution is -2.50. The van der Waals surface area contributed by atoms with Gasteiger partial charge in [-0.3, -0.25) is 0 Å². The molecule has 5 heteroatoms. The third-order valence-corrected chi connectivity index (χ3v) is 5.24. The number of rotatable bonds is 7. The Labute approximate surface area is 144 Å². The molecular weight excluding hydrogens is 306 g/mol. The van der Waals surface area contributed by atoms with Crippen LogP contribution >= 0.6 is 11.8 Å². The summed E-state index contributed by atoms with van der Waals surface area (Å²) in [4.78, 5) is 14.3. The number of hydrogen-bond acceptors (Lipinski definition) is 3. The van der Waals surface area contributed by atoms with E-state index in [9.17, 15) is 4.79 Å². The summed E-state index contributed by atoms with van der Waals surface area (Å²) >= 11 is 1.85. The molecule has 1 saturated heterocycles. The number of nitrogens with zero attached hydrogens (tertiary/aromatic N) is 1. The second-order valence-electron chi connectivity index (χ2n) is 6.17. The molecule has 1 aromatic carbocycles. The fourth-order valence-corrected chi connectivity index (χ4v) is 3.63. The second kappa shape index (κ2) is 9.83. The smallest absolute Gasteiger partial charge is 0.315 e. The van der Waals surface area contributed by atoms with E-state index in [4.69, 9.17) is 0 Å². The standard InChI is InChI=1S/C18H29N3OS/c1-3-21-11-4-5-17(13-21)20-18(22)19-10-12-23-14-16-8-6-15(2)7-9-16/h6-9,17H,3-5,10-14H2,1-2H3,(H2,19,20,22)/t17-/m0/s1. The fourth-order valence-electron chi connectivity index (χ4n) is 2.81. The minimum Gasteiger partial charge on any atom is -0.337 e. The number of likely N-dealkylation sites (tertiary alicyclic amines) is 1. The molecule has 1 aromatic rings. The first-order chi connectivity index (χ1) is 11.2. The van der Waals surface area contributed by atoms with Crippen LogP contribution in [0.2, 0.25) is 0 Å². The number of likely N-dealkylation sites (N-methyl/N-ethyl adjacent to an activating group) is 1. The van der Waals surface area contributed by atoms with Gasteiger partial charge in [-0.1, -0.05) is 36.8 Å². The third-order valence-electron chi connectivity index (χ3n) is 4.21. The van der Waals surface area contributed by atoms with Crippen molar-refractivity contribution in [2.75, 3.05) is 31.9 Å². The molecule has 1 fully saturated rings. The number of hydrogen-bond donors (Lipinski definition) is 2. The lowest BCUT2D eigenvalue weighted by molar-refractivity contribution is 0.192. The van der Waals surface area contributed by atoms with E-state index < -0.39 is 0 Å². The number of amides is 2. The van der Waals surface area contributed by atoms with Crippen LogP contribution in [0.15, 0.2) is 24.3 Å². The fraction of sp³-hybridized carbons (Fsp3) is 0.611. The Balaban J connectivity index is 1.55. The van der Waals surface area contributed by atoms with Crippen LogP contribution in [0.3, 0.4) is 0 Å². The SMILES string of the molecule is CCN1CCC[C@H](NC(=O)NCCSCc2ccc(C)cc2)C1. The molecule has 1 aliphatic rings. The number of nitrogens with one attached hydrogen (secondary N) is 2. The van der Waals surface area contributed by atoms with Crippen molar-refractivity contribution in [2.24, 2.45) is 0 Å². The van der Waals surface area contributed by atoms with E-state index in [1.165, 1.54) is 17.5 Å². The average Bonchev–Trinajstić information content (AvgIpc) is 2.56. The molecular formula is C18H29N3OS. The van der Waals surface area contributed by atoms with E-state index >= 15 is 0 Å². The van der Waals surface area contributed by atoms with Crippen molar-refractivity contribution in [3.8, 4) is 0 Å². The Morgan fingerprint density at radius 1 is 1.35 bits per heavy atom. The van der Waals surface area contributed by atoms with Crippen molar-refractivity contribution in [3.63, 3.8) is 0 Å². The topological polar surface area (TPSA) is 44.4 Å². The van der Waals surface area contributed by atoms with Gasteiger partial charge < -0.3 is 15.5 Å². The minimum atomic E-state index is -0.0242. The number of benzene rings is 1. The summed E-state index contributed by atoms with van der Waals surface area (Å²) in [5, 5.41) is 6.07. The van der Waals surface area contributed by atoms with Gasteiger partial charge in [-0.2, -0.15) is 11.8 Å². The Hall–Kier alpha value is -1.20. The minimum absolute atomic E-state index is 0.0242. The quantitative estimate of drug-likeness (QED) is 0.753. The summed E-state index contributed by atoms with van der Waals surface area (Å²) < 4.78 is 0. The highest BCUT2D eigenvalue weighted by Gasteiger charge is 2.19. The van der Waals surface area contributed by atoms with Crippen LogP contribution < -0.4 is 10.6 Å². The highest BCUT2D eigenvalue weighted by Crippen LogP contribution is 2.12. The molecule has 0 aromatic heterocycles. The number of piperidine rings is 1. The largest absolute Gasteiger partial charge is 0.337 e. The highest BCUT2D eigenvalue weighted by atomic mass is 32.2. The predicted octanol–water partition coefficient (Wildman–Crippen LogP) is 3.01. The Kier molecular flexibility index (Phi) is 7.76. The molecule has 4 nitrogen and oxygen atoms in total. The molecule has 2 rings (SSSR count). The van der Waals surface area contributed by atoms with Crippen molar-refractivity contribution in [3.05, 3.63) is 35.4 Å². The van der Waals surface area contributed by atoms with Crippen LogP contribution in [0.5, 0.6) is 0 Å². The van der Waals surface area contributed by atoms with Gasteiger partial charge in [0, 0.05) is 30.6 Å². The van der Waals surface area contributed by atoms with Gasteiger partial charge in [0.2, 0.25) is 0 Å². The molecule has 0 radical (unpaired) electrons. The Morgan fingerprint density at radius 3 is 2.87 bits per heavy atom. The van der Waals surface area contributed by atoms with E-state index in [0.717, 1.165) is 37.6 Å². The van der Waals surface area contributed by atoms with Crippen LogP contribution in [0, 0.1) is 6.92 Å². The first-order valence-electron chi connectivity index (χ1n) is 8.57. The molecule has 0 bridgehead atoms. The molecule has 128 valence electrons. The number of aryl methyl sites for hydroxylation is 1. The zero-order valence-corrected chi connectivity index (χ0v) is 15.1. The highest BCUT2D eigenvalue weighted by molar-refractivity contribution is 7.98. The van der Waals surface area contributed by atoms with Gasteiger partial charge in [0.05, 0.1) is 0 Å². The van der Waals surface area contributed by atoms with Crippen molar-refractivity contribution in [2.45, 2.75) is 38.5 Å². The van der Waals surface area contributed by atoms with Gasteiger partial charge in [-0.25, -0.2) is 4.79 Å². The summed E-state index contributed by atoms with van der Waals surface area (Å²) in [6.45, 7) is 8.19. The lowest BCUT2D eigenvalue weighted by Gasteiger charge is -2.32. The van der Waals surface area contributed by atoms with E-state index in [1.807, 2.05) is 11.8 Å². The Bertz CT molecular complexity index is 478. The summed E-state index contributed by atoms with van der Waals surface area (Å²) in [5.74, 6) is 1.94. The molecule has 1 heterocycles. The molecule has 1 aliphatic heterocycles. The van der Waals surface area contributed by atoms with Crippen molar-refractivity contribution in [1.82, 2.24) is 15.5 Å². The lowest BCUT2D eigenvalue weighted by atomic mass is 10.1. The predicted molar refractivity (Wildman–Crippen MR) is 99.0 cm³/mol. The first-order valence-corrected chi connectivity index (χ1v) is 9.73. The van der Waals surface area contributed by atoms with Gasteiger partial charge >= 0.3 is 6.03 Å². The maximum Gasteiger partial charge on any atom is 0.315 e. The van der Waals surface area contributed by atoms with Crippen LogP contribution in [0.1, 0.15) is 30.9 Å². The van der Waals surface area contributed by atoms with Crippen molar-refractivity contribution < 1.29 is 4.79 Å². The number of carbonyl (C=O) groups excluding carboxylic acids is 1. The van der Waals surface area contributed by atoms with Crippen LogP contribution in [-0.4, -0.2) is 48.9 Å². The van der Waals surface area contributed by atoms with Crippen LogP contribution in [-0.2, 0) is 5.75 Å². The molecule has 1 atom stereocenters. The molecule has 0 aliphatic carbocycles. The Morgan fingerprint density at radius 2 is 2.13 bits per heavy atom. The zero-order valence-electron chi connectivity index (χ0n) is 14.3. The molecule has 2 amide bonds. The summed E-state index contributed by atoms with van der Waals surface area (Å²) in [6.07, 6.45) is 2.26. The van der Waals surface area contributed by atoms with Crippen molar-refractivity contribution in [1.29, 1.82) is 0 Å². The second-order valence-corrected chi connectivity index (χ2v) is 7.28. The number of thioether (sulfide) groups is 1. The van der Waals surface area contributed by atoms with Crippen LogP contribution in [0.25, 0.3) is 0 Å². The summed E-state index contributed by atoms with van der Waals surface area (Å²) in [7, 11) is 0. The van der Waals surface area contributed by atoms with Gasteiger partial charge in [-0.05, 0) is 38.4 Å². The van der Waals surface area contributed by atoms with Gasteiger partial charge in [0.25, 0.3) is 0 Å². The summed E-state index contributed by atoms with van der Waals surface area (Å²) in [6, 6.07) is 8.90. The molecule has 23 heavy (non-hydrogen) atoms. The van der Waals surface area contributed by atoms with Gasteiger partial charge in [-0.15, -0.1) is 0 Å². The van der Waals surface area contributed by atoms with E-state index in [0.29, 0.717) is 12.6 Å². The van der Waals surface area contributed by atoms with Crippen molar-refractivity contribution >= 4 is 17.8 Å². The van der Waals surface area contributed by atoms with E-state index in [2.05, 4.69) is 53.6 Å². The van der Waals surface area contributed by atoms with Crippen LogP contribution in [0.4, 0.5) is 4.79 Å². The molecule has 2 N–H and O–H groups in total. The number of carbonyl (C=O) groups is 1. The van der Waals surface area contributed by atoms with Gasteiger partial charge in [0.15, 0.2) is 0 Å². The third kappa shape index (κ3) is 6.83. The van der Waals surface area contributed by atoms with E-state index in [1.54, 1.807) is 0 Å². The first kappa shape index (κ1) is 18.1. The average molecular weight is 336 g/mol. The van der Waals surface area contributed by atoms with E-state index in [-0.39, 0.29) is 6.03 Å². The number of urea groups is 1. The molecule has 0 spiro atoms.